The van der Waals surface area contributed by atoms with Gasteiger partial charge in [-0.1, -0.05) is 24.3 Å². The number of likely N-dealkylation sites (tertiary alicyclic amines) is 1. The van der Waals surface area contributed by atoms with Crippen LogP contribution in [0.1, 0.15) is 48.6 Å². The summed E-state index contributed by atoms with van der Waals surface area (Å²) in [5, 5.41) is 3.56. The Bertz CT molecular complexity index is 401. The fraction of sp³-hybridized carbons (Fsp3) is 0.647. The van der Waals surface area contributed by atoms with Crippen molar-refractivity contribution in [3.05, 3.63) is 35.4 Å². The lowest BCUT2D eigenvalue weighted by atomic mass is 9.80. The molecule has 2 saturated heterocycles. The molecule has 2 fully saturated rings. The highest BCUT2D eigenvalue weighted by Crippen LogP contribution is 2.35. The molecular weight excluding hydrogens is 232 g/mol. The predicted molar refractivity (Wildman–Crippen MR) is 80.8 cm³/mol. The molecule has 0 amide bonds. The summed E-state index contributed by atoms with van der Waals surface area (Å²) in [6, 6.07) is 9.22. The molecule has 0 saturated carbocycles. The van der Waals surface area contributed by atoms with E-state index in [-0.39, 0.29) is 0 Å². The average molecular weight is 258 g/mol. The topological polar surface area (TPSA) is 15.3 Å². The van der Waals surface area contributed by atoms with Gasteiger partial charge in [-0.15, -0.1) is 0 Å². The Hall–Kier alpha value is -0.860. The fourth-order valence-corrected chi connectivity index (χ4v) is 3.69. The fourth-order valence-electron chi connectivity index (χ4n) is 3.69. The molecule has 104 valence electrons. The first-order valence-corrected chi connectivity index (χ1v) is 7.82. The Morgan fingerprint density at radius 1 is 1.00 bits per heavy atom. The summed E-state index contributed by atoms with van der Waals surface area (Å²) in [6.45, 7) is 4.88. The number of piperidine rings is 2. The van der Waals surface area contributed by atoms with Crippen LogP contribution < -0.4 is 5.32 Å². The second-order valence-corrected chi connectivity index (χ2v) is 6.25. The van der Waals surface area contributed by atoms with E-state index in [0.29, 0.717) is 0 Å². The molecule has 19 heavy (non-hydrogen) atoms. The third-order valence-corrected chi connectivity index (χ3v) is 4.89. The summed E-state index contributed by atoms with van der Waals surface area (Å²) in [4.78, 5) is 2.46. The van der Waals surface area contributed by atoms with Crippen LogP contribution >= 0.6 is 0 Å². The van der Waals surface area contributed by atoms with Crippen LogP contribution in [-0.4, -0.2) is 38.1 Å². The maximum atomic E-state index is 3.56. The minimum absolute atomic E-state index is 0.740. The lowest BCUT2D eigenvalue weighted by Crippen LogP contribution is -2.31. The Labute approximate surface area is 117 Å². The summed E-state index contributed by atoms with van der Waals surface area (Å²) >= 11 is 0. The van der Waals surface area contributed by atoms with Gasteiger partial charge in [0, 0.05) is 6.54 Å². The van der Waals surface area contributed by atoms with Crippen LogP contribution in [0.5, 0.6) is 0 Å². The first kappa shape index (κ1) is 13.1. The van der Waals surface area contributed by atoms with Crippen LogP contribution in [0.25, 0.3) is 0 Å². The van der Waals surface area contributed by atoms with Crippen molar-refractivity contribution in [2.75, 3.05) is 33.2 Å². The van der Waals surface area contributed by atoms with E-state index in [4.69, 9.17) is 0 Å². The van der Waals surface area contributed by atoms with Gasteiger partial charge in [-0.05, 0) is 75.3 Å². The molecule has 2 aliphatic rings. The lowest BCUT2D eigenvalue weighted by molar-refractivity contribution is 0.254. The predicted octanol–water partition coefficient (Wildman–Crippen LogP) is 2.96. The normalized spacial score (nSPS) is 26.5. The number of benzene rings is 1. The van der Waals surface area contributed by atoms with Crippen molar-refractivity contribution < 1.29 is 0 Å². The SMILES string of the molecule is CN1CCC(c2ccccc2C2CCCNC2)CC1. The zero-order chi connectivity index (χ0) is 13.1. The van der Waals surface area contributed by atoms with Crippen molar-refractivity contribution in [3.63, 3.8) is 0 Å². The standard InChI is InChI=1S/C17H26N2/c1-19-11-8-14(9-12-19)16-6-2-3-7-17(16)15-5-4-10-18-13-15/h2-3,6-7,14-15,18H,4-5,8-13H2,1H3. The minimum Gasteiger partial charge on any atom is -0.316 e. The maximum absolute atomic E-state index is 3.56. The van der Waals surface area contributed by atoms with E-state index in [1.807, 2.05) is 0 Å². The maximum Gasteiger partial charge on any atom is 0.00202 e. The summed E-state index contributed by atoms with van der Waals surface area (Å²) < 4.78 is 0. The third-order valence-electron chi connectivity index (χ3n) is 4.89. The molecule has 1 aromatic rings. The first-order chi connectivity index (χ1) is 9.34. The second kappa shape index (κ2) is 6.06. The van der Waals surface area contributed by atoms with Crippen molar-refractivity contribution in [3.8, 4) is 0 Å². The van der Waals surface area contributed by atoms with Gasteiger partial charge in [0.2, 0.25) is 0 Å². The molecule has 3 rings (SSSR count). The molecular formula is C17H26N2. The molecule has 0 spiro atoms. The highest BCUT2D eigenvalue weighted by atomic mass is 15.1. The van der Waals surface area contributed by atoms with E-state index in [1.165, 1.54) is 51.9 Å². The van der Waals surface area contributed by atoms with E-state index >= 15 is 0 Å². The quantitative estimate of drug-likeness (QED) is 0.877. The van der Waals surface area contributed by atoms with Gasteiger partial charge in [-0.3, -0.25) is 0 Å². The highest BCUT2D eigenvalue weighted by Gasteiger charge is 2.24. The van der Waals surface area contributed by atoms with Crippen LogP contribution in [0.3, 0.4) is 0 Å². The van der Waals surface area contributed by atoms with Crippen LogP contribution in [0, 0.1) is 0 Å². The molecule has 2 aliphatic heterocycles. The minimum atomic E-state index is 0.740. The van der Waals surface area contributed by atoms with Gasteiger partial charge < -0.3 is 10.2 Å². The molecule has 2 heteroatoms. The zero-order valence-electron chi connectivity index (χ0n) is 12.1. The van der Waals surface area contributed by atoms with Crippen molar-refractivity contribution in [1.29, 1.82) is 0 Å². The van der Waals surface area contributed by atoms with Gasteiger partial charge in [0.05, 0.1) is 0 Å². The van der Waals surface area contributed by atoms with Gasteiger partial charge in [0.1, 0.15) is 0 Å². The summed E-state index contributed by atoms with van der Waals surface area (Å²) in [5.74, 6) is 1.53. The average Bonchev–Trinajstić information content (AvgIpc) is 2.49. The van der Waals surface area contributed by atoms with Gasteiger partial charge in [0.15, 0.2) is 0 Å². The van der Waals surface area contributed by atoms with Gasteiger partial charge in [-0.2, -0.15) is 0 Å². The summed E-state index contributed by atoms with van der Waals surface area (Å²) in [5.41, 5.74) is 3.27. The van der Waals surface area contributed by atoms with E-state index in [2.05, 4.69) is 41.5 Å². The smallest absolute Gasteiger partial charge is 0.00202 e. The van der Waals surface area contributed by atoms with Crippen molar-refractivity contribution in [2.45, 2.75) is 37.5 Å². The molecule has 0 radical (unpaired) electrons. The lowest BCUT2D eigenvalue weighted by Gasteiger charge is -2.32. The van der Waals surface area contributed by atoms with Crippen LogP contribution in [0.2, 0.25) is 0 Å². The molecule has 1 atom stereocenters. The largest absolute Gasteiger partial charge is 0.316 e. The molecule has 0 aromatic heterocycles. The van der Waals surface area contributed by atoms with E-state index in [9.17, 15) is 0 Å². The molecule has 0 aliphatic carbocycles. The van der Waals surface area contributed by atoms with E-state index in [0.717, 1.165) is 11.8 Å². The molecule has 0 bridgehead atoms. The Morgan fingerprint density at radius 3 is 2.32 bits per heavy atom. The van der Waals surface area contributed by atoms with Crippen LogP contribution in [-0.2, 0) is 0 Å². The summed E-state index contributed by atoms with van der Waals surface area (Å²) in [7, 11) is 2.24. The molecule has 1 N–H and O–H groups in total. The monoisotopic (exact) mass is 258 g/mol. The second-order valence-electron chi connectivity index (χ2n) is 6.25. The Morgan fingerprint density at radius 2 is 1.68 bits per heavy atom. The third kappa shape index (κ3) is 3.01. The van der Waals surface area contributed by atoms with Gasteiger partial charge in [-0.25, -0.2) is 0 Å². The number of nitrogens with zero attached hydrogens (tertiary/aromatic N) is 1. The number of hydrogen-bond acceptors (Lipinski definition) is 2. The van der Waals surface area contributed by atoms with Gasteiger partial charge >= 0.3 is 0 Å². The molecule has 1 unspecified atom stereocenters. The van der Waals surface area contributed by atoms with Crippen LogP contribution in [0.4, 0.5) is 0 Å². The van der Waals surface area contributed by atoms with E-state index in [1.54, 1.807) is 11.1 Å². The molecule has 2 nitrogen and oxygen atoms in total. The Balaban J connectivity index is 1.80. The summed E-state index contributed by atoms with van der Waals surface area (Å²) in [6.07, 6.45) is 5.34. The number of rotatable bonds is 2. The molecule has 1 aromatic carbocycles. The van der Waals surface area contributed by atoms with Crippen molar-refractivity contribution in [1.82, 2.24) is 10.2 Å². The van der Waals surface area contributed by atoms with Crippen LogP contribution in [0.15, 0.2) is 24.3 Å². The number of nitrogens with one attached hydrogen (secondary N) is 1. The zero-order valence-corrected chi connectivity index (χ0v) is 12.1. The van der Waals surface area contributed by atoms with Crippen molar-refractivity contribution in [2.24, 2.45) is 0 Å². The van der Waals surface area contributed by atoms with E-state index < -0.39 is 0 Å². The molecule has 2 heterocycles. The van der Waals surface area contributed by atoms with Gasteiger partial charge in [0.25, 0.3) is 0 Å². The number of hydrogen-bond donors (Lipinski definition) is 1. The first-order valence-electron chi connectivity index (χ1n) is 7.82. The highest BCUT2D eigenvalue weighted by molar-refractivity contribution is 5.34. The Kier molecular flexibility index (Phi) is 4.19. The van der Waals surface area contributed by atoms with Crippen molar-refractivity contribution >= 4 is 0 Å².